The van der Waals surface area contributed by atoms with Crippen molar-refractivity contribution in [2.75, 3.05) is 20.8 Å². The first-order valence-electron chi connectivity index (χ1n) is 16.4. The third-order valence-corrected chi connectivity index (χ3v) is 10.00. The van der Waals surface area contributed by atoms with E-state index in [1.54, 1.807) is 32.5 Å². The Bertz CT molecular complexity index is 1690. The van der Waals surface area contributed by atoms with E-state index in [9.17, 15) is 9.59 Å². The molecular weight excluding hydrogens is 677 g/mol. The van der Waals surface area contributed by atoms with Crippen molar-refractivity contribution < 1.29 is 23.5 Å². The summed E-state index contributed by atoms with van der Waals surface area (Å²) in [6.07, 6.45) is 7.79. The van der Waals surface area contributed by atoms with Crippen LogP contribution in [0.15, 0.2) is 59.2 Å². The third kappa shape index (κ3) is 7.57. The average molecular weight is 717 g/mol. The molecule has 250 valence electrons. The van der Waals surface area contributed by atoms with E-state index in [0.29, 0.717) is 76.3 Å². The van der Waals surface area contributed by atoms with Crippen LogP contribution in [0.4, 0.5) is 4.39 Å². The predicted molar refractivity (Wildman–Crippen MR) is 185 cm³/mol. The maximum absolute atomic E-state index is 16.3. The number of nitrogens with zero attached hydrogens (tertiary/aromatic N) is 3. The zero-order chi connectivity index (χ0) is 33.6. The molecule has 1 amide bonds. The second-order valence-corrected chi connectivity index (χ2v) is 13.2. The molecule has 6 rings (SSSR count). The third-order valence-electron chi connectivity index (χ3n) is 9.14. The van der Waals surface area contributed by atoms with Crippen molar-refractivity contribution in [2.45, 2.75) is 64.0 Å². The van der Waals surface area contributed by atoms with Gasteiger partial charge in [0.25, 0.3) is 0 Å². The maximum atomic E-state index is 16.3. The lowest BCUT2D eigenvalue weighted by atomic mass is 9.99. The summed E-state index contributed by atoms with van der Waals surface area (Å²) in [6.45, 7) is 1.35. The predicted octanol–water partition coefficient (Wildman–Crippen LogP) is 6.85. The number of aryl methyl sites for hydroxylation is 1. The molecule has 2 fully saturated rings. The molecule has 2 atom stereocenters. The van der Waals surface area contributed by atoms with Gasteiger partial charge in [-0.1, -0.05) is 30.3 Å². The van der Waals surface area contributed by atoms with Crippen molar-refractivity contribution in [1.82, 2.24) is 25.6 Å². The Morgan fingerprint density at radius 1 is 0.917 bits per heavy atom. The van der Waals surface area contributed by atoms with E-state index < -0.39 is 5.82 Å². The average Bonchev–Trinajstić information content (AvgIpc) is 3.72. The molecule has 1 saturated heterocycles. The van der Waals surface area contributed by atoms with Crippen molar-refractivity contribution in [3.63, 3.8) is 0 Å². The van der Waals surface area contributed by atoms with Crippen molar-refractivity contribution in [2.24, 2.45) is 5.92 Å². The molecule has 0 bridgehead atoms. The molecule has 9 nitrogen and oxygen atoms in total. The number of pyridine rings is 3. The smallest absolute Gasteiger partial charge is 0.220 e. The number of ketones is 1. The summed E-state index contributed by atoms with van der Waals surface area (Å²) in [5.41, 5.74) is 4.82. The summed E-state index contributed by atoms with van der Waals surface area (Å²) in [7, 11) is 3.15. The zero-order valence-electron chi connectivity index (χ0n) is 27.2. The number of carbonyl (C=O) groups excluding carboxylic acids is 2. The highest BCUT2D eigenvalue weighted by atomic mass is 79.9. The number of hydrogen-bond donors (Lipinski definition) is 2. The monoisotopic (exact) mass is 715 g/mol. The number of aromatic nitrogens is 3. The van der Waals surface area contributed by atoms with E-state index >= 15 is 4.39 Å². The van der Waals surface area contributed by atoms with Crippen LogP contribution in [0.25, 0.3) is 33.8 Å². The van der Waals surface area contributed by atoms with Crippen LogP contribution in [0.1, 0.15) is 56.1 Å². The van der Waals surface area contributed by atoms with Crippen LogP contribution in [0.5, 0.6) is 11.8 Å². The number of Topliss-reactive ketones (excluding diaryl/α,β-unsaturated/α-hetero) is 1. The maximum Gasteiger partial charge on any atom is 0.220 e. The highest BCUT2D eigenvalue weighted by Crippen LogP contribution is 2.39. The van der Waals surface area contributed by atoms with Crippen LogP contribution >= 0.6 is 15.9 Å². The van der Waals surface area contributed by atoms with Crippen LogP contribution in [0, 0.1) is 11.7 Å². The fourth-order valence-corrected chi connectivity index (χ4v) is 7.26. The Labute approximate surface area is 288 Å². The minimum absolute atomic E-state index is 0.115. The van der Waals surface area contributed by atoms with E-state index in [1.165, 1.54) is 0 Å². The lowest BCUT2D eigenvalue weighted by Gasteiger charge is -2.15. The van der Waals surface area contributed by atoms with E-state index in [4.69, 9.17) is 14.5 Å². The molecule has 1 aromatic carbocycles. The molecular formula is C37H39BrFN5O4. The first-order chi connectivity index (χ1) is 23.3. The molecule has 3 aromatic heterocycles. The SMILES string of the molecule is COc1nc(-c2cccc(-c3ccnc(-c4ccc(CCC[C@@H]5CCC(=O)N5)c(OC)n4)c3F)c2Br)ccc1CNC[C@@H]1CCC(=O)C1. The summed E-state index contributed by atoms with van der Waals surface area (Å²) >= 11 is 3.74. The van der Waals surface area contributed by atoms with Gasteiger partial charge in [0, 0.05) is 64.8 Å². The highest BCUT2D eigenvalue weighted by molar-refractivity contribution is 9.10. The summed E-state index contributed by atoms with van der Waals surface area (Å²) in [5.74, 6) is 1.28. The number of ether oxygens (including phenoxy) is 2. The molecule has 4 aromatic rings. The van der Waals surface area contributed by atoms with Crippen LogP contribution in [-0.2, 0) is 22.6 Å². The Balaban J connectivity index is 1.20. The van der Waals surface area contributed by atoms with E-state index in [2.05, 4.69) is 36.5 Å². The molecule has 0 radical (unpaired) electrons. The molecule has 1 saturated carbocycles. The molecule has 1 aliphatic heterocycles. The molecule has 0 spiro atoms. The van der Waals surface area contributed by atoms with Gasteiger partial charge in [-0.2, -0.15) is 0 Å². The number of hydrogen-bond acceptors (Lipinski definition) is 8. The topological polar surface area (TPSA) is 115 Å². The van der Waals surface area contributed by atoms with Gasteiger partial charge >= 0.3 is 0 Å². The van der Waals surface area contributed by atoms with Gasteiger partial charge in [0.05, 0.1) is 25.6 Å². The quantitative estimate of drug-likeness (QED) is 0.155. The fourth-order valence-electron chi connectivity index (χ4n) is 6.58. The number of benzene rings is 1. The first kappa shape index (κ1) is 33.7. The van der Waals surface area contributed by atoms with Gasteiger partial charge in [0.2, 0.25) is 17.7 Å². The molecule has 11 heteroatoms. The van der Waals surface area contributed by atoms with E-state index in [0.717, 1.165) is 55.3 Å². The lowest BCUT2D eigenvalue weighted by molar-refractivity contribution is -0.119. The normalized spacial score (nSPS) is 17.5. The first-order valence-corrected chi connectivity index (χ1v) is 17.2. The van der Waals surface area contributed by atoms with Gasteiger partial charge < -0.3 is 20.1 Å². The fraction of sp³-hybridized carbons (Fsp3) is 0.378. The van der Waals surface area contributed by atoms with Crippen molar-refractivity contribution in [1.29, 1.82) is 0 Å². The molecule has 0 unspecified atom stereocenters. The minimum Gasteiger partial charge on any atom is -0.481 e. The Kier molecular flexibility index (Phi) is 10.8. The van der Waals surface area contributed by atoms with Crippen LogP contribution in [0.2, 0.25) is 0 Å². The van der Waals surface area contributed by atoms with Crippen LogP contribution in [-0.4, -0.2) is 53.4 Å². The lowest BCUT2D eigenvalue weighted by Crippen LogP contribution is -2.25. The molecule has 4 heterocycles. The van der Waals surface area contributed by atoms with Gasteiger partial charge in [-0.15, -0.1) is 0 Å². The number of amides is 1. The van der Waals surface area contributed by atoms with Gasteiger partial charge in [-0.25, -0.2) is 14.4 Å². The standard InChI is InChI=1S/C37H39BrFN5O4/c1-47-36-23(5-3-6-25-12-16-32(46)42-25)10-15-31(44-36)35-34(39)28(17-18-41-35)27-7-4-8-29(33(27)38)30-14-11-24(37(43-30)48-2)21-40-20-22-9-13-26(45)19-22/h4,7-8,10-11,14-15,17-18,22,25,40H,3,5-6,9,12-13,16,19-21H2,1-2H3,(H,42,46)/t22-,25-/m1/s1. The Hall–Kier alpha value is -4.22. The van der Waals surface area contributed by atoms with Gasteiger partial charge in [-0.05, 0) is 84.3 Å². The molecule has 48 heavy (non-hydrogen) atoms. The van der Waals surface area contributed by atoms with Crippen molar-refractivity contribution in [3.8, 4) is 45.5 Å². The number of rotatable bonds is 13. The number of methoxy groups -OCH3 is 2. The van der Waals surface area contributed by atoms with Crippen molar-refractivity contribution in [3.05, 3.63) is 76.1 Å². The summed E-state index contributed by atoms with van der Waals surface area (Å²) < 4.78 is 28.2. The molecule has 2 aliphatic rings. The summed E-state index contributed by atoms with van der Waals surface area (Å²) in [5, 5.41) is 6.45. The second kappa shape index (κ2) is 15.3. The largest absolute Gasteiger partial charge is 0.481 e. The second-order valence-electron chi connectivity index (χ2n) is 12.4. The number of carbonyl (C=O) groups is 2. The van der Waals surface area contributed by atoms with Crippen LogP contribution < -0.4 is 20.1 Å². The van der Waals surface area contributed by atoms with E-state index in [1.807, 2.05) is 36.4 Å². The number of nitrogens with one attached hydrogen (secondary N) is 2. The minimum atomic E-state index is -0.495. The van der Waals surface area contributed by atoms with Crippen molar-refractivity contribution >= 4 is 27.6 Å². The summed E-state index contributed by atoms with van der Waals surface area (Å²) in [4.78, 5) is 36.9. The van der Waals surface area contributed by atoms with Gasteiger partial charge in [0.1, 0.15) is 11.5 Å². The molecule has 1 aliphatic carbocycles. The zero-order valence-corrected chi connectivity index (χ0v) is 28.7. The number of halogens is 2. The van der Waals surface area contributed by atoms with E-state index in [-0.39, 0.29) is 17.6 Å². The van der Waals surface area contributed by atoms with Crippen LogP contribution in [0.3, 0.4) is 0 Å². The Morgan fingerprint density at radius 3 is 2.42 bits per heavy atom. The molecule has 2 N–H and O–H groups in total. The highest BCUT2D eigenvalue weighted by Gasteiger charge is 2.23. The summed E-state index contributed by atoms with van der Waals surface area (Å²) in [6, 6.07) is 15.1. The van der Waals surface area contributed by atoms with Gasteiger partial charge in [0.15, 0.2) is 5.82 Å². The Morgan fingerprint density at radius 2 is 1.67 bits per heavy atom. The van der Waals surface area contributed by atoms with Gasteiger partial charge in [-0.3, -0.25) is 14.6 Å².